The third-order valence-corrected chi connectivity index (χ3v) is 1.64. The minimum absolute atomic E-state index is 0. The molecule has 0 amide bonds. The van der Waals surface area contributed by atoms with Crippen LogP contribution < -0.4 is 0 Å². The molecule has 4 N–H and O–H groups in total. The molecule has 0 aliphatic heterocycles. The summed E-state index contributed by atoms with van der Waals surface area (Å²) in [6.45, 7) is 0. The molecule has 0 saturated heterocycles. The van der Waals surface area contributed by atoms with Crippen LogP contribution in [0.4, 0.5) is 0 Å². The van der Waals surface area contributed by atoms with Crippen molar-refractivity contribution in [2.24, 2.45) is 0 Å². The van der Waals surface area contributed by atoms with Crippen molar-refractivity contribution in [3.63, 3.8) is 0 Å². The fourth-order valence-electron chi connectivity index (χ4n) is 0.0816. The molecule has 0 heterocycles. The Hall–Kier alpha value is -1.77. The monoisotopic (exact) mass is 674 g/mol. The van der Waals surface area contributed by atoms with E-state index in [1.165, 1.54) is 0 Å². The van der Waals surface area contributed by atoms with Gasteiger partial charge in [0, 0.05) is 0 Å². The fourth-order valence-corrected chi connectivity index (χ4v) is 0.735. The van der Waals surface area contributed by atoms with Crippen LogP contribution in [0.25, 0.3) is 0 Å². The number of hydrogen-bond acceptors (Lipinski definition) is 5. The van der Waals surface area contributed by atoms with E-state index in [0.717, 1.165) is 0 Å². The smallest absolute Gasteiger partial charge is 0.388 e. The summed E-state index contributed by atoms with van der Waals surface area (Å²) >= 11 is 0. The second kappa shape index (κ2) is 6.23. The van der Waals surface area contributed by atoms with E-state index >= 15 is 0 Å². The van der Waals surface area contributed by atoms with Gasteiger partial charge in [-0.25, -0.2) is 0 Å². The third-order valence-electron chi connectivity index (χ3n) is 0.183. The zero-order valence-electron chi connectivity index (χ0n) is 4.61. The van der Waals surface area contributed by atoms with Gasteiger partial charge in [0.05, 0.1) is 0 Å². The molecule has 0 saturated carbocycles. The second-order valence-electron chi connectivity index (χ2n) is 0.667. The molecule has 0 rings (SSSR count). The number of hydrogen-bond donors (Lipinski definition) is 4. The summed E-state index contributed by atoms with van der Waals surface area (Å²) in [6, 6.07) is 0. The van der Waals surface area contributed by atoms with E-state index < -0.39 is 19.1 Å². The van der Waals surface area contributed by atoms with Gasteiger partial charge in [-0.2, -0.15) is 0 Å². The normalized spacial score (nSPS) is 8.67. The third kappa shape index (κ3) is 22.4. The second-order valence-corrected chi connectivity index (χ2v) is 2.61. The summed E-state index contributed by atoms with van der Waals surface area (Å²) in [7, 11) is -5.78. The topological polar surface area (TPSA) is 90.2 Å². The quantitative estimate of drug-likeness (QED) is 0.234. The van der Waals surface area contributed by atoms with Crippen LogP contribution in [0.1, 0.15) is 0 Å². The fraction of sp³-hybridized carbons (Fsp3) is 0. The minimum atomic E-state index is -2.89. The van der Waals surface area contributed by atoms with E-state index in [2.05, 4.69) is 4.12 Å². The Balaban J connectivity index is -0.000000180. The van der Waals surface area contributed by atoms with Crippen LogP contribution >= 0.6 is 0 Å². The summed E-state index contributed by atoms with van der Waals surface area (Å²) in [5.41, 5.74) is 0. The van der Waals surface area contributed by atoms with Crippen molar-refractivity contribution < 1.29 is 23.3 Å². The van der Waals surface area contributed by atoms with Gasteiger partial charge in [-0.1, -0.05) is 0 Å². The molecule has 9 heavy (non-hydrogen) atoms. The van der Waals surface area contributed by atoms with Crippen molar-refractivity contribution in [3.8, 4) is 0 Å². The first-order chi connectivity index (χ1) is 3.13. The zero-order valence-corrected chi connectivity index (χ0v) is 19.4. The van der Waals surface area contributed by atoms with Crippen LogP contribution in [0.5, 0.6) is 0 Å². The van der Waals surface area contributed by atoms with E-state index in [1.54, 1.807) is 0 Å². The Labute approximate surface area is 43.4 Å². The predicted molar refractivity (Wildman–Crippen MR) is 21.5 cm³/mol. The van der Waals surface area contributed by atoms with Gasteiger partial charge in [-0.05, 0) is 0 Å². The van der Waals surface area contributed by atoms with Crippen molar-refractivity contribution in [1.82, 2.24) is 0 Å². The van der Waals surface area contributed by atoms with E-state index in [1.807, 2.05) is 0 Å². The van der Waals surface area contributed by atoms with E-state index in [0.29, 0.717) is 0 Å². The summed E-state index contributed by atoms with van der Waals surface area (Å²) in [6.07, 6.45) is 0. The van der Waals surface area contributed by atoms with Gasteiger partial charge >= 0.3 is 19.1 Å². The SMILES string of the molecule is O[Si](O)O[Si](O)O.[Rf].[Rf]. The molecule has 0 fully saturated rings. The Kier molecular flexibility index (Phi) is 10.9. The first-order valence-electron chi connectivity index (χ1n) is 1.30. The van der Waals surface area contributed by atoms with Gasteiger partial charge in [0.25, 0.3) is 0 Å². The van der Waals surface area contributed by atoms with E-state index in [9.17, 15) is 0 Å². The maximum atomic E-state index is 7.86. The van der Waals surface area contributed by atoms with E-state index in [-0.39, 0.29) is 0 Å². The molecule has 0 aliphatic rings. The van der Waals surface area contributed by atoms with Crippen molar-refractivity contribution in [2.45, 2.75) is 0 Å². The van der Waals surface area contributed by atoms with Gasteiger partial charge in [-0.15, -0.1) is 0 Å². The van der Waals surface area contributed by atoms with Crippen LogP contribution in [-0.2, 0) is 4.12 Å². The van der Waals surface area contributed by atoms with Gasteiger partial charge in [-0.3, -0.25) is 0 Å². The first-order valence-corrected chi connectivity index (χ1v) is 3.91. The molecule has 0 atom stereocenters. The minimum Gasteiger partial charge on any atom is -0.388 e. The average Bonchev–Trinajstić information content (AvgIpc) is 1.27. The Morgan fingerprint density at radius 1 is 0.778 bits per heavy atom. The predicted octanol–water partition coefficient (Wildman–Crippen LogP) is -3.06. The Morgan fingerprint density at radius 3 is 1.00 bits per heavy atom. The molecule has 0 unspecified atom stereocenters. The van der Waals surface area contributed by atoms with Crippen molar-refractivity contribution in [1.29, 1.82) is 0 Å². The molecule has 0 spiro atoms. The van der Waals surface area contributed by atoms with Gasteiger partial charge in [0.15, 0.2) is 0 Å². The van der Waals surface area contributed by atoms with Crippen LogP contribution in [0.3, 0.4) is 0 Å². The molecule has 0 aromatic heterocycles. The molecule has 2 radical (unpaired) electrons. The van der Waals surface area contributed by atoms with Crippen LogP contribution in [0.15, 0.2) is 0 Å². The van der Waals surface area contributed by atoms with Crippen LogP contribution in [-0.4, -0.2) is 38.2 Å². The molecular formula is H4O5Rf2Si2. The van der Waals surface area contributed by atoms with Crippen LogP contribution in [0.2, 0.25) is 0 Å². The first kappa shape index (κ1) is 15.7. The molecule has 0 bridgehead atoms. The Morgan fingerprint density at radius 2 is 1.00 bits per heavy atom. The van der Waals surface area contributed by atoms with E-state index in [4.69, 9.17) is 19.2 Å². The Bertz CT molecular complexity index is 42.2. The molecule has 9 heteroatoms. The molecule has 5 nitrogen and oxygen atoms in total. The summed E-state index contributed by atoms with van der Waals surface area (Å²) < 4.78 is 3.68. The summed E-state index contributed by atoms with van der Waals surface area (Å²) in [5, 5.41) is 0. The maximum absolute atomic E-state index is 7.86. The van der Waals surface area contributed by atoms with Crippen molar-refractivity contribution in [2.75, 3.05) is 0 Å². The molecule has 46 valence electrons. The summed E-state index contributed by atoms with van der Waals surface area (Å²) in [4.78, 5) is 31.5. The summed E-state index contributed by atoms with van der Waals surface area (Å²) in [5.74, 6) is 0. The van der Waals surface area contributed by atoms with Crippen molar-refractivity contribution >= 4 is 19.1 Å². The van der Waals surface area contributed by atoms with Crippen LogP contribution in [0, 0.1) is 0 Å². The largest absolute Gasteiger partial charge is 0.563 e. The van der Waals surface area contributed by atoms with Crippen molar-refractivity contribution in [3.05, 3.63) is 0 Å². The zero-order chi connectivity index (χ0) is 5.86. The molecular weight excluding hydrogens is 670 g/mol. The van der Waals surface area contributed by atoms with Gasteiger partial charge < -0.3 is 23.3 Å². The maximum Gasteiger partial charge on any atom is 0.563 e. The molecule has 0 aromatic rings. The van der Waals surface area contributed by atoms with Gasteiger partial charge in [0.2, 0.25) is 0 Å². The number of rotatable bonds is 2. The van der Waals surface area contributed by atoms with Gasteiger partial charge in [0.1, 0.15) is 0 Å². The average molecular weight is 674 g/mol. The molecule has 0 aromatic carbocycles. The standard InChI is InChI=1S/H4O5Si2.2Rf/c1-6(2)5-7(3)4;;/h1-4H;;. The molecule has 0 aliphatic carbocycles.